The van der Waals surface area contributed by atoms with Crippen LogP contribution in [-0.2, 0) is 21.4 Å². The van der Waals surface area contributed by atoms with Gasteiger partial charge in [-0.2, -0.15) is 9.40 Å². The minimum Gasteiger partial charge on any atom is -0.326 e. The second kappa shape index (κ2) is 8.76. The summed E-state index contributed by atoms with van der Waals surface area (Å²) in [6.45, 7) is 1.22. The largest absolute Gasteiger partial charge is 0.326 e. The number of piperidine rings is 1. The molecule has 0 bridgehead atoms. The molecule has 3 aromatic rings. The number of hydrogen-bond donors (Lipinski definition) is 1. The lowest BCUT2D eigenvalue weighted by molar-refractivity contribution is -0.120. The summed E-state index contributed by atoms with van der Waals surface area (Å²) < 4.78 is 28.9. The number of nitrogens with one attached hydrogen (secondary N) is 1. The summed E-state index contributed by atoms with van der Waals surface area (Å²) in [6, 6.07) is 15.9. The molecule has 1 atom stereocenters. The van der Waals surface area contributed by atoms with Crippen molar-refractivity contribution in [2.45, 2.75) is 24.3 Å². The highest BCUT2D eigenvalue weighted by Crippen LogP contribution is 2.24. The van der Waals surface area contributed by atoms with Gasteiger partial charge in [-0.25, -0.2) is 18.1 Å². The number of anilines is 1. The highest BCUT2D eigenvalue weighted by Gasteiger charge is 2.33. The predicted octanol–water partition coefficient (Wildman–Crippen LogP) is 2.37. The number of benzene rings is 2. The monoisotopic (exact) mass is 425 g/mol. The fraction of sp³-hybridized carbons (Fsp3) is 0.286. The molecule has 0 spiro atoms. The Hall–Kier alpha value is -3.04. The number of carbonyl (C=O) groups excluding carboxylic acids is 1. The van der Waals surface area contributed by atoms with E-state index < -0.39 is 10.0 Å². The topological polar surface area (TPSA) is 97.2 Å². The van der Waals surface area contributed by atoms with E-state index in [1.54, 1.807) is 41.3 Å². The molecule has 0 radical (unpaired) electrons. The quantitative estimate of drug-likeness (QED) is 0.654. The molecule has 0 saturated carbocycles. The molecule has 1 aromatic heterocycles. The summed E-state index contributed by atoms with van der Waals surface area (Å²) in [4.78, 5) is 16.9. The lowest BCUT2D eigenvalue weighted by atomic mass is 9.98. The molecule has 9 heteroatoms. The van der Waals surface area contributed by atoms with Crippen molar-refractivity contribution in [1.82, 2.24) is 19.1 Å². The van der Waals surface area contributed by atoms with Crippen LogP contribution in [0.3, 0.4) is 0 Å². The third kappa shape index (κ3) is 4.58. The number of hydrogen-bond acceptors (Lipinski definition) is 5. The molecule has 8 nitrogen and oxygen atoms in total. The maximum atomic E-state index is 12.9. The number of sulfonamides is 1. The second-order valence-electron chi connectivity index (χ2n) is 7.29. The van der Waals surface area contributed by atoms with Crippen LogP contribution in [0.25, 0.3) is 0 Å². The van der Waals surface area contributed by atoms with Gasteiger partial charge in [0.25, 0.3) is 0 Å². The SMILES string of the molecule is O=C(Nc1ccc(Cn2cncn2)cc1)[C@H]1CCCN(S(=O)(=O)c2ccccc2)C1. The van der Waals surface area contributed by atoms with Crippen LogP contribution in [0.2, 0.25) is 0 Å². The molecular formula is C21H23N5O3S. The van der Waals surface area contributed by atoms with E-state index in [4.69, 9.17) is 0 Å². The second-order valence-corrected chi connectivity index (χ2v) is 9.23. The summed E-state index contributed by atoms with van der Waals surface area (Å²) in [7, 11) is -3.59. The molecular weight excluding hydrogens is 402 g/mol. The Kier molecular flexibility index (Phi) is 5.91. The first-order chi connectivity index (χ1) is 14.5. The van der Waals surface area contributed by atoms with Gasteiger partial charge in [0, 0.05) is 18.8 Å². The van der Waals surface area contributed by atoms with Gasteiger partial charge in [0.1, 0.15) is 12.7 Å². The first-order valence-electron chi connectivity index (χ1n) is 9.80. The van der Waals surface area contributed by atoms with Crippen molar-refractivity contribution in [3.63, 3.8) is 0 Å². The molecule has 0 unspecified atom stereocenters. The third-order valence-electron chi connectivity index (χ3n) is 5.17. The van der Waals surface area contributed by atoms with Crippen LogP contribution < -0.4 is 5.32 Å². The normalized spacial score (nSPS) is 17.5. The smallest absolute Gasteiger partial charge is 0.243 e. The van der Waals surface area contributed by atoms with E-state index in [1.165, 1.54) is 10.6 Å². The van der Waals surface area contributed by atoms with Gasteiger partial charge in [-0.3, -0.25) is 4.79 Å². The van der Waals surface area contributed by atoms with Crippen LogP contribution in [-0.4, -0.2) is 46.5 Å². The summed E-state index contributed by atoms with van der Waals surface area (Å²) in [5, 5.41) is 6.99. The summed E-state index contributed by atoms with van der Waals surface area (Å²) in [5.74, 6) is -0.543. The average Bonchev–Trinajstić information content (AvgIpc) is 3.29. The van der Waals surface area contributed by atoms with E-state index in [-0.39, 0.29) is 23.3 Å². The number of nitrogens with zero attached hydrogens (tertiary/aromatic N) is 4. The van der Waals surface area contributed by atoms with Crippen LogP contribution in [0, 0.1) is 5.92 Å². The Morgan fingerprint density at radius 1 is 1.10 bits per heavy atom. The Morgan fingerprint density at radius 3 is 2.57 bits per heavy atom. The number of aromatic nitrogens is 3. The first kappa shape index (κ1) is 20.2. The van der Waals surface area contributed by atoms with Crippen LogP contribution >= 0.6 is 0 Å². The van der Waals surface area contributed by atoms with Gasteiger partial charge in [-0.15, -0.1) is 0 Å². The van der Waals surface area contributed by atoms with Gasteiger partial charge in [0.15, 0.2) is 0 Å². The first-order valence-corrected chi connectivity index (χ1v) is 11.2. The fourth-order valence-electron chi connectivity index (χ4n) is 3.56. The number of carbonyl (C=O) groups is 1. The van der Waals surface area contributed by atoms with E-state index in [0.29, 0.717) is 31.6 Å². The Balaban J connectivity index is 1.38. The Bertz CT molecular complexity index is 1080. The van der Waals surface area contributed by atoms with Gasteiger partial charge in [0.05, 0.1) is 17.4 Å². The Morgan fingerprint density at radius 2 is 1.87 bits per heavy atom. The molecule has 1 amide bonds. The van der Waals surface area contributed by atoms with Gasteiger partial charge >= 0.3 is 0 Å². The molecule has 2 aromatic carbocycles. The zero-order chi connectivity index (χ0) is 21.0. The van der Waals surface area contributed by atoms with Crippen LogP contribution in [0.15, 0.2) is 72.1 Å². The predicted molar refractivity (Wildman–Crippen MR) is 112 cm³/mol. The molecule has 4 rings (SSSR count). The van der Waals surface area contributed by atoms with Crippen LogP contribution in [0.5, 0.6) is 0 Å². The zero-order valence-corrected chi connectivity index (χ0v) is 17.2. The zero-order valence-electron chi connectivity index (χ0n) is 16.4. The van der Waals surface area contributed by atoms with Gasteiger partial charge in [0.2, 0.25) is 15.9 Å². The molecule has 156 valence electrons. The number of amides is 1. The van der Waals surface area contributed by atoms with Crippen molar-refractivity contribution in [1.29, 1.82) is 0 Å². The van der Waals surface area contributed by atoms with E-state index >= 15 is 0 Å². The van der Waals surface area contributed by atoms with Crippen molar-refractivity contribution in [3.8, 4) is 0 Å². The van der Waals surface area contributed by atoms with Crippen molar-refractivity contribution in [2.24, 2.45) is 5.92 Å². The van der Waals surface area contributed by atoms with Gasteiger partial charge in [-0.1, -0.05) is 30.3 Å². The van der Waals surface area contributed by atoms with Crippen molar-refractivity contribution in [3.05, 3.63) is 72.8 Å². The standard InChI is InChI=1S/C21H23N5O3S/c27-21(24-19-10-8-17(9-11-19)13-25-16-22-15-23-25)18-5-4-12-26(14-18)30(28,29)20-6-2-1-3-7-20/h1-3,6-11,15-16,18H,4-5,12-14H2,(H,24,27)/t18-/m0/s1. The van der Waals surface area contributed by atoms with Gasteiger partial charge < -0.3 is 5.32 Å². The Labute approximate surface area is 175 Å². The molecule has 30 heavy (non-hydrogen) atoms. The highest BCUT2D eigenvalue weighted by atomic mass is 32.2. The van der Waals surface area contributed by atoms with Crippen molar-refractivity contribution < 1.29 is 13.2 Å². The van der Waals surface area contributed by atoms with Gasteiger partial charge in [-0.05, 0) is 42.7 Å². The highest BCUT2D eigenvalue weighted by molar-refractivity contribution is 7.89. The minimum absolute atomic E-state index is 0.160. The maximum Gasteiger partial charge on any atom is 0.243 e. The average molecular weight is 426 g/mol. The van der Waals surface area contributed by atoms with E-state index in [1.807, 2.05) is 24.3 Å². The lowest BCUT2D eigenvalue weighted by Gasteiger charge is -2.31. The molecule has 2 heterocycles. The van der Waals surface area contributed by atoms with Crippen molar-refractivity contribution in [2.75, 3.05) is 18.4 Å². The third-order valence-corrected chi connectivity index (χ3v) is 7.05. The summed E-state index contributed by atoms with van der Waals surface area (Å²) in [6.07, 6.45) is 4.45. The summed E-state index contributed by atoms with van der Waals surface area (Å²) >= 11 is 0. The van der Waals surface area contributed by atoms with E-state index in [2.05, 4.69) is 15.4 Å². The molecule has 1 N–H and O–H groups in total. The van der Waals surface area contributed by atoms with Crippen LogP contribution in [0.1, 0.15) is 18.4 Å². The van der Waals surface area contributed by atoms with E-state index in [0.717, 1.165) is 5.56 Å². The molecule has 1 aliphatic rings. The van der Waals surface area contributed by atoms with E-state index in [9.17, 15) is 13.2 Å². The van der Waals surface area contributed by atoms with Crippen LogP contribution in [0.4, 0.5) is 5.69 Å². The molecule has 1 saturated heterocycles. The molecule has 0 aliphatic carbocycles. The maximum absolute atomic E-state index is 12.9. The molecule has 1 fully saturated rings. The van der Waals surface area contributed by atoms with Crippen molar-refractivity contribution >= 4 is 21.6 Å². The number of rotatable bonds is 6. The molecule has 1 aliphatic heterocycles. The lowest BCUT2D eigenvalue weighted by Crippen LogP contribution is -2.43. The summed E-state index contributed by atoms with van der Waals surface area (Å²) in [5.41, 5.74) is 1.72. The minimum atomic E-state index is -3.59. The fourth-order valence-corrected chi connectivity index (χ4v) is 5.10.